The Morgan fingerprint density at radius 3 is 2.05 bits per heavy atom. The van der Waals surface area contributed by atoms with E-state index in [-0.39, 0.29) is 29.3 Å². The molecule has 0 aliphatic carbocycles. The second-order valence-electron chi connectivity index (χ2n) is 7.51. The van der Waals surface area contributed by atoms with Crippen molar-refractivity contribution >= 4 is 18.3 Å². The molecule has 0 spiro atoms. The predicted octanol–water partition coefficient (Wildman–Crippen LogP) is 3.23. The lowest BCUT2D eigenvalue weighted by Crippen LogP contribution is -2.50. The summed E-state index contributed by atoms with van der Waals surface area (Å²) in [6.45, 7) is 13.6. The van der Waals surface area contributed by atoms with E-state index in [1.807, 2.05) is 0 Å². The fourth-order valence-corrected chi connectivity index (χ4v) is 3.11. The highest BCUT2D eigenvalue weighted by atomic mass is 35.5. The summed E-state index contributed by atoms with van der Waals surface area (Å²) in [5.41, 5.74) is 0.118. The number of hydrogen-bond acceptors (Lipinski definition) is 2. The average Bonchev–Trinajstić information content (AvgIpc) is 2.13. The van der Waals surface area contributed by atoms with Crippen molar-refractivity contribution in [2.45, 2.75) is 65.8 Å². The van der Waals surface area contributed by atoms with Gasteiger partial charge in [0.15, 0.2) is 0 Å². The lowest BCUT2D eigenvalue weighted by Gasteiger charge is -2.34. The first-order valence-corrected chi connectivity index (χ1v) is 7.21. The number of nitrogens with one attached hydrogen (secondary N) is 1. The van der Waals surface area contributed by atoms with Crippen molar-refractivity contribution < 1.29 is 4.79 Å². The van der Waals surface area contributed by atoms with Gasteiger partial charge in [0, 0.05) is 5.54 Å². The smallest absolute Gasteiger partial charge is 0.234 e. The average molecular weight is 291 g/mol. The zero-order valence-corrected chi connectivity index (χ0v) is 14.0. The number of halogens is 1. The topological polar surface area (TPSA) is 32.3 Å². The van der Waals surface area contributed by atoms with Gasteiger partial charge in [-0.15, -0.1) is 12.4 Å². The van der Waals surface area contributed by atoms with Gasteiger partial charge in [-0.05, 0) is 51.6 Å². The van der Waals surface area contributed by atoms with Crippen molar-refractivity contribution in [1.82, 2.24) is 10.2 Å². The SMILES string of the molecule is CC(C)(C)CC(C)(C)NC(=O)CN1CCCCC1.Cl. The summed E-state index contributed by atoms with van der Waals surface area (Å²) in [6.07, 6.45) is 4.77. The zero-order chi connectivity index (χ0) is 13.8. The van der Waals surface area contributed by atoms with E-state index in [1.165, 1.54) is 19.3 Å². The minimum absolute atomic E-state index is 0. The van der Waals surface area contributed by atoms with Crippen molar-refractivity contribution in [2.24, 2.45) is 5.41 Å². The molecule has 114 valence electrons. The normalized spacial score (nSPS) is 17.7. The van der Waals surface area contributed by atoms with E-state index in [9.17, 15) is 4.79 Å². The lowest BCUT2D eigenvalue weighted by atomic mass is 9.82. The van der Waals surface area contributed by atoms with Crippen LogP contribution in [0.2, 0.25) is 0 Å². The Hall–Kier alpha value is -0.280. The second-order valence-corrected chi connectivity index (χ2v) is 7.51. The van der Waals surface area contributed by atoms with E-state index >= 15 is 0 Å². The largest absolute Gasteiger partial charge is 0.350 e. The van der Waals surface area contributed by atoms with Crippen LogP contribution in [-0.4, -0.2) is 36.0 Å². The summed E-state index contributed by atoms with van der Waals surface area (Å²) in [6, 6.07) is 0. The van der Waals surface area contributed by atoms with Gasteiger partial charge >= 0.3 is 0 Å². The second kappa shape index (κ2) is 7.49. The summed E-state index contributed by atoms with van der Waals surface area (Å²) in [5.74, 6) is 0.172. The maximum absolute atomic E-state index is 12.1. The van der Waals surface area contributed by atoms with Crippen LogP contribution in [-0.2, 0) is 4.79 Å². The number of amides is 1. The van der Waals surface area contributed by atoms with E-state index in [1.54, 1.807) is 0 Å². The molecule has 0 radical (unpaired) electrons. The highest BCUT2D eigenvalue weighted by Crippen LogP contribution is 2.26. The van der Waals surface area contributed by atoms with Gasteiger partial charge < -0.3 is 5.32 Å². The number of carbonyl (C=O) groups excluding carboxylic acids is 1. The third-order valence-corrected chi connectivity index (χ3v) is 3.27. The van der Waals surface area contributed by atoms with Crippen molar-refractivity contribution in [3.8, 4) is 0 Å². The first-order valence-electron chi connectivity index (χ1n) is 7.21. The molecule has 19 heavy (non-hydrogen) atoms. The van der Waals surface area contributed by atoms with Gasteiger partial charge in [-0.2, -0.15) is 0 Å². The quantitative estimate of drug-likeness (QED) is 0.862. The molecule has 1 amide bonds. The molecule has 1 rings (SSSR count). The van der Waals surface area contributed by atoms with Crippen molar-refractivity contribution in [3.63, 3.8) is 0 Å². The molecule has 1 fully saturated rings. The molecule has 0 aromatic rings. The maximum Gasteiger partial charge on any atom is 0.234 e. The Morgan fingerprint density at radius 2 is 1.58 bits per heavy atom. The molecule has 0 aromatic heterocycles. The molecule has 1 heterocycles. The van der Waals surface area contributed by atoms with E-state index in [2.05, 4.69) is 44.8 Å². The van der Waals surface area contributed by atoms with E-state index in [0.29, 0.717) is 6.54 Å². The zero-order valence-electron chi connectivity index (χ0n) is 13.2. The van der Waals surface area contributed by atoms with Crippen LogP contribution in [0.4, 0.5) is 0 Å². The Labute approximate surface area is 124 Å². The molecule has 1 N–H and O–H groups in total. The van der Waals surface area contributed by atoms with Gasteiger partial charge in [0.25, 0.3) is 0 Å². The number of likely N-dealkylation sites (tertiary alicyclic amines) is 1. The molecule has 0 unspecified atom stereocenters. The fraction of sp³-hybridized carbons (Fsp3) is 0.933. The number of nitrogens with zero attached hydrogens (tertiary/aromatic N) is 1. The van der Waals surface area contributed by atoms with Gasteiger partial charge in [0.2, 0.25) is 5.91 Å². The third kappa shape index (κ3) is 8.48. The van der Waals surface area contributed by atoms with Crippen molar-refractivity contribution in [2.75, 3.05) is 19.6 Å². The Balaban J connectivity index is 0.00000324. The van der Waals surface area contributed by atoms with Gasteiger partial charge in [0.1, 0.15) is 0 Å². The molecule has 3 nitrogen and oxygen atoms in total. The molecule has 0 bridgehead atoms. The number of rotatable bonds is 4. The van der Waals surface area contributed by atoms with Crippen LogP contribution >= 0.6 is 12.4 Å². The van der Waals surface area contributed by atoms with Crippen LogP contribution in [0.25, 0.3) is 0 Å². The Morgan fingerprint density at radius 1 is 1.05 bits per heavy atom. The molecular formula is C15H31ClN2O. The Kier molecular flexibility index (Phi) is 7.38. The summed E-state index contributed by atoms with van der Waals surface area (Å²) < 4.78 is 0. The molecule has 4 heteroatoms. The summed E-state index contributed by atoms with van der Waals surface area (Å²) in [4.78, 5) is 14.3. The van der Waals surface area contributed by atoms with E-state index < -0.39 is 0 Å². The van der Waals surface area contributed by atoms with Crippen LogP contribution in [0, 0.1) is 5.41 Å². The Bertz CT molecular complexity index is 278. The van der Waals surface area contributed by atoms with Crippen LogP contribution in [0.3, 0.4) is 0 Å². The van der Waals surface area contributed by atoms with Gasteiger partial charge in [-0.3, -0.25) is 9.69 Å². The molecule has 1 saturated heterocycles. The van der Waals surface area contributed by atoms with Crippen LogP contribution in [0.5, 0.6) is 0 Å². The minimum Gasteiger partial charge on any atom is -0.350 e. The van der Waals surface area contributed by atoms with Crippen LogP contribution < -0.4 is 5.32 Å². The summed E-state index contributed by atoms with van der Waals surface area (Å²) in [5, 5.41) is 3.18. The van der Waals surface area contributed by atoms with Crippen molar-refractivity contribution in [3.05, 3.63) is 0 Å². The molecule has 0 saturated carbocycles. The lowest BCUT2D eigenvalue weighted by molar-refractivity contribution is -0.124. The number of carbonyl (C=O) groups is 1. The third-order valence-electron chi connectivity index (χ3n) is 3.27. The highest BCUT2D eigenvalue weighted by Gasteiger charge is 2.27. The molecular weight excluding hydrogens is 260 g/mol. The minimum atomic E-state index is -0.120. The number of hydrogen-bond donors (Lipinski definition) is 1. The summed E-state index contributed by atoms with van der Waals surface area (Å²) >= 11 is 0. The standard InChI is InChI=1S/C15H30N2O.ClH/c1-14(2,3)12-15(4,5)16-13(18)11-17-9-7-6-8-10-17;/h6-12H2,1-5H3,(H,16,18);1H. The molecule has 0 aromatic carbocycles. The fourth-order valence-electron chi connectivity index (χ4n) is 3.11. The summed E-state index contributed by atoms with van der Waals surface area (Å²) in [7, 11) is 0. The van der Waals surface area contributed by atoms with Crippen LogP contribution in [0.15, 0.2) is 0 Å². The van der Waals surface area contributed by atoms with Crippen LogP contribution in [0.1, 0.15) is 60.3 Å². The predicted molar refractivity (Wildman–Crippen MR) is 83.8 cm³/mol. The molecule has 1 aliphatic rings. The monoisotopic (exact) mass is 290 g/mol. The van der Waals surface area contributed by atoms with E-state index in [4.69, 9.17) is 0 Å². The van der Waals surface area contributed by atoms with Crippen molar-refractivity contribution in [1.29, 1.82) is 0 Å². The van der Waals surface area contributed by atoms with Gasteiger partial charge in [0.05, 0.1) is 6.54 Å². The maximum atomic E-state index is 12.1. The van der Waals surface area contributed by atoms with Gasteiger partial charge in [-0.1, -0.05) is 27.2 Å². The first-order chi connectivity index (χ1) is 8.18. The number of piperidine rings is 1. The van der Waals surface area contributed by atoms with Gasteiger partial charge in [-0.25, -0.2) is 0 Å². The first kappa shape index (κ1) is 18.7. The molecule has 0 atom stereocenters. The van der Waals surface area contributed by atoms with E-state index in [0.717, 1.165) is 19.5 Å². The highest BCUT2D eigenvalue weighted by molar-refractivity contribution is 5.85. The molecule has 1 aliphatic heterocycles.